The Balaban J connectivity index is 2.25. The molecule has 2 aromatic rings. The number of phenolic OH excluding ortho intramolecular Hbond substituents is 1. The normalized spacial score (nSPS) is 12.0. The molecule has 2 aromatic carbocycles. The number of halogens is 2. The minimum absolute atomic E-state index is 0.194. The molecule has 0 aliphatic carbocycles. The van der Waals surface area contributed by atoms with E-state index in [1.807, 2.05) is 0 Å². The number of nitrogens with zero attached hydrogens (tertiary/aromatic N) is 1. The summed E-state index contributed by atoms with van der Waals surface area (Å²) < 4.78 is 26.9. The third-order valence-corrected chi connectivity index (χ3v) is 2.98. The Hall–Kier alpha value is -2.70. The zero-order chi connectivity index (χ0) is 15.6. The molecule has 7 heteroatoms. The molecule has 5 nitrogen and oxygen atoms in total. The number of nitrogens with one attached hydrogen (secondary N) is 1. The first kappa shape index (κ1) is 14.7. The summed E-state index contributed by atoms with van der Waals surface area (Å²) in [5.41, 5.74) is -0.0822. The molecule has 0 saturated carbocycles. The molecule has 0 radical (unpaired) electrons. The van der Waals surface area contributed by atoms with Crippen molar-refractivity contribution in [3.05, 3.63) is 63.7 Å². The third kappa shape index (κ3) is 3.25. The highest BCUT2D eigenvalue weighted by Crippen LogP contribution is 2.27. The third-order valence-electron chi connectivity index (χ3n) is 2.98. The molecule has 2 N–H and O–H groups in total. The van der Waals surface area contributed by atoms with E-state index in [1.165, 1.54) is 18.2 Å². The Morgan fingerprint density at radius 1 is 1.19 bits per heavy atom. The average molecular weight is 294 g/mol. The number of benzene rings is 2. The van der Waals surface area contributed by atoms with Gasteiger partial charge in [0, 0.05) is 23.4 Å². The Bertz CT molecular complexity index is 692. The van der Waals surface area contributed by atoms with Crippen LogP contribution >= 0.6 is 0 Å². The predicted octanol–water partition coefficient (Wildman–Crippen LogP) is 3.75. The fourth-order valence-electron chi connectivity index (χ4n) is 1.94. The number of aromatic hydroxyl groups is 1. The second kappa shape index (κ2) is 5.74. The van der Waals surface area contributed by atoms with E-state index < -0.39 is 28.3 Å². The number of hydrogen-bond acceptors (Lipinski definition) is 4. The van der Waals surface area contributed by atoms with Gasteiger partial charge < -0.3 is 10.4 Å². The molecule has 0 saturated heterocycles. The molecular weight excluding hydrogens is 282 g/mol. The van der Waals surface area contributed by atoms with Crippen molar-refractivity contribution < 1.29 is 18.8 Å². The van der Waals surface area contributed by atoms with Gasteiger partial charge in [-0.25, -0.2) is 4.39 Å². The van der Waals surface area contributed by atoms with Crippen LogP contribution in [-0.4, -0.2) is 10.0 Å². The Morgan fingerprint density at radius 3 is 2.52 bits per heavy atom. The molecule has 1 atom stereocenters. The predicted molar refractivity (Wildman–Crippen MR) is 73.2 cm³/mol. The van der Waals surface area contributed by atoms with E-state index in [9.17, 15) is 18.9 Å². The molecule has 1 unspecified atom stereocenters. The maximum atomic E-state index is 13.7. The number of hydrogen-bond donors (Lipinski definition) is 2. The Labute approximate surface area is 119 Å². The fourth-order valence-corrected chi connectivity index (χ4v) is 1.94. The van der Waals surface area contributed by atoms with Gasteiger partial charge in [0.25, 0.3) is 0 Å². The molecule has 21 heavy (non-hydrogen) atoms. The molecule has 0 aliphatic rings. The van der Waals surface area contributed by atoms with Crippen molar-refractivity contribution in [2.24, 2.45) is 0 Å². The summed E-state index contributed by atoms with van der Waals surface area (Å²) in [5, 5.41) is 22.7. The van der Waals surface area contributed by atoms with Crippen molar-refractivity contribution in [1.29, 1.82) is 0 Å². The van der Waals surface area contributed by atoms with Crippen molar-refractivity contribution in [1.82, 2.24) is 0 Å². The van der Waals surface area contributed by atoms with Crippen LogP contribution in [0.1, 0.15) is 18.5 Å². The SMILES string of the molecule is CC(Nc1ccc(F)c([N+](=O)[O-])c1)c1ccc(O)cc1F. The first-order valence-electron chi connectivity index (χ1n) is 6.07. The lowest BCUT2D eigenvalue weighted by Crippen LogP contribution is -2.09. The Morgan fingerprint density at radius 2 is 1.90 bits per heavy atom. The summed E-state index contributed by atoms with van der Waals surface area (Å²) in [6, 6.07) is 6.54. The second-order valence-electron chi connectivity index (χ2n) is 4.50. The van der Waals surface area contributed by atoms with Gasteiger partial charge in [0.05, 0.1) is 11.0 Å². The van der Waals surface area contributed by atoms with Crippen LogP contribution in [-0.2, 0) is 0 Å². The molecule has 0 fully saturated rings. The van der Waals surface area contributed by atoms with Gasteiger partial charge in [-0.3, -0.25) is 10.1 Å². The van der Waals surface area contributed by atoms with Gasteiger partial charge in [0.2, 0.25) is 5.82 Å². The molecule has 0 amide bonds. The molecule has 2 rings (SSSR count). The highest BCUT2D eigenvalue weighted by atomic mass is 19.1. The van der Waals surface area contributed by atoms with Crippen molar-refractivity contribution in [2.45, 2.75) is 13.0 Å². The van der Waals surface area contributed by atoms with Crippen molar-refractivity contribution >= 4 is 11.4 Å². The monoisotopic (exact) mass is 294 g/mol. The van der Waals surface area contributed by atoms with E-state index in [0.717, 1.165) is 18.2 Å². The highest BCUT2D eigenvalue weighted by Gasteiger charge is 2.16. The average Bonchev–Trinajstić information content (AvgIpc) is 2.40. The lowest BCUT2D eigenvalue weighted by atomic mass is 10.1. The first-order chi connectivity index (χ1) is 9.88. The molecule has 110 valence electrons. The van der Waals surface area contributed by atoms with E-state index in [-0.39, 0.29) is 11.3 Å². The summed E-state index contributed by atoms with van der Waals surface area (Å²) in [5.74, 6) is -1.73. The summed E-state index contributed by atoms with van der Waals surface area (Å²) in [7, 11) is 0. The van der Waals surface area contributed by atoms with Crippen LogP contribution in [0.2, 0.25) is 0 Å². The largest absolute Gasteiger partial charge is 0.508 e. The van der Waals surface area contributed by atoms with Gasteiger partial charge in [-0.1, -0.05) is 6.07 Å². The lowest BCUT2D eigenvalue weighted by Gasteiger charge is -2.16. The lowest BCUT2D eigenvalue weighted by molar-refractivity contribution is -0.387. The standard InChI is InChI=1S/C14H12F2N2O3/c1-8(11-4-3-10(19)7-13(11)16)17-9-2-5-12(15)14(6-9)18(20)21/h2-8,17,19H,1H3. The van der Waals surface area contributed by atoms with Crippen LogP contribution in [0.15, 0.2) is 36.4 Å². The maximum Gasteiger partial charge on any atom is 0.306 e. The molecule has 0 aliphatic heterocycles. The topological polar surface area (TPSA) is 75.4 Å². The number of rotatable bonds is 4. The maximum absolute atomic E-state index is 13.7. The Kier molecular flexibility index (Phi) is 4.02. The van der Waals surface area contributed by atoms with Gasteiger partial charge in [0.15, 0.2) is 0 Å². The zero-order valence-corrected chi connectivity index (χ0v) is 11.0. The van der Waals surface area contributed by atoms with E-state index in [2.05, 4.69) is 5.32 Å². The van der Waals surface area contributed by atoms with Crippen molar-refractivity contribution in [3.8, 4) is 5.75 Å². The number of nitro benzene ring substituents is 1. The minimum atomic E-state index is -0.936. The van der Waals surface area contributed by atoms with Gasteiger partial charge in [-0.2, -0.15) is 4.39 Å². The molecule has 0 spiro atoms. The van der Waals surface area contributed by atoms with Crippen LogP contribution in [0, 0.1) is 21.7 Å². The van der Waals surface area contributed by atoms with Crippen LogP contribution in [0.3, 0.4) is 0 Å². The summed E-state index contributed by atoms with van der Waals surface area (Å²) in [6.45, 7) is 1.64. The van der Waals surface area contributed by atoms with E-state index in [4.69, 9.17) is 5.11 Å². The van der Waals surface area contributed by atoms with Gasteiger partial charge >= 0.3 is 5.69 Å². The molecule has 0 bridgehead atoms. The van der Waals surface area contributed by atoms with Gasteiger partial charge in [0.1, 0.15) is 11.6 Å². The van der Waals surface area contributed by atoms with E-state index in [0.29, 0.717) is 5.69 Å². The van der Waals surface area contributed by atoms with Crippen LogP contribution in [0.25, 0.3) is 0 Å². The van der Waals surface area contributed by atoms with E-state index in [1.54, 1.807) is 6.92 Å². The van der Waals surface area contributed by atoms with Crippen molar-refractivity contribution in [3.63, 3.8) is 0 Å². The van der Waals surface area contributed by atoms with E-state index >= 15 is 0 Å². The highest BCUT2D eigenvalue weighted by molar-refractivity contribution is 5.53. The van der Waals surface area contributed by atoms with Gasteiger partial charge in [-0.15, -0.1) is 0 Å². The first-order valence-corrected chi connectivity index (χ1v) is 6.07. The zero-order valence-electron chi connectivity index (χ0n) is 11.0. The second-order valence-corrected chi connectivity index (χ2v) is 4.50. The van der Waals surface area contributed by atoms with Crippen LogP contribution in [0.4, 0.5) is 20.2 Å². The minimum Gasteiger partial charge on any atom is -0.508 e. The van der Waals surface area contributed by atoms with Crippen LogP contribution < -0.4 is 5.32 Å². The van der Waals surface area contributed by atoms with Crippen molar-refractivity contribution in [2.75, 3.05) is 5.32 Å². The molecular formula is C14H12F2N2O3. The molecule has 0 aromatic heterocycles. The smallest absolute Gasteiger partial charge is 0.306 e. The van der Waals surface area contributed by atoms with Gasteiger partial charge in [-0.05, 0) is 25.1 Å². The number of nitro groups is 1. The quantitative estimate of drug-likeness (QED) is 0.665. The summed E-state index contributed by atoms with van der Waals surface area (Å²) >= 11 is 0. The summed E-state index contributed by atoms with van der Waals surface area (Å²) in [4.78, 5) is 9.84. The summed E-state index contributed by atoms with van der Waals surface area (Å²) in [6.07, 6.45) is 0. The number of anilines is 1. The fraction of sp³-hybridized carbons (Fsp3) is 0.143. The number of phenols is 1. The van der Waals surface area contributed by atoms with Crippen LogP contribution in [0.5, 0.6) is 5.75 Å². The molecule has 0 heterocycles.